The summed E-state index contributed by atoms with van der Waals surface area (Å²) in [6, 6.07) is 11.2. The average Bonchev–Trinajstić information content (AvgIpc) is 3.28. The van der Waals surface area contributed by atoms with Gasteiger partial charge in [-0.2, -0.15) is 0 Å². The highest BCUT2D eigenvalue weighted by atomic mass is 16.3. The predicted octanol–water partition coefficient (Wildman–Crippen LogP) is 3.14. The third kappa shape index (κ3) is 3.58. The maximum absolute atomic E-state index is 10.5. The zero-order chi connectivity index (χ0) is 19.8. The van der Waals surface area contributed by atoms with Crippen LogP contribution in [0, 0.1) is 0 Å². The van der Waals surface area contributed by atoms with Crippen LogP contribution in [-0.4, -0.2) is 50.0 Å². The van der Waals surface area contributed by atoms with E-state index in [1.54, 1.807) is 18.6 Å². The second kappa shape index (κ2) is 7.48. The largest absolute Gasteiger partial charge is 0.507 e. The molecule has 0 unspecified atom stereocenters. The van der Waals surface area contributed by atoms with Gasteiger partial charge in [0.25, 0.3) is 0 Å². The van der Waals surface area contributed by atoms with Gasteiger partial charge in [-0.1, -0.05) is 6.42 Å². The van der Waals surface area contributed by atoms with Gasteiger partial charge in [0.1, 0.15) is 5.75 Å². The molecule has 2 atom stereocenters. The van der Waals surface area contributed by atoms with Gasteiger partial charge in [-0.15, -0.1) is 10.2 Å². The molecule has 2 aliphatic rings. The molecule has 2 N–H and O–H groups in total. The normalized spacial score (nSPS) is 23.7. The van der Waals surface area contributed by atoms with Crippen LogP contribution >= 0.6 is 0 Å². The molecule has 2 fully saturated rings. The Labute approximate surface area is 170 Å². The molecule has 1 aromatic carbocycles. The van der Waals surface area contributed by atoms with E-state index < -0.39 is 0 Å². The number of nitrogens with zero attached hydrogens (tertiary/aromatic N) is 5. The molecule has 4 heterocycles. The molecule has 150 valence electrons. The Bertz CT molecular complexity index is 959. The van der Waals surface area contributed by atoms with Gasteiger partial charge in [-0.05, 0) is 49.9 Å². The van der Waals surface area contributed by atoms with Crippen LogP contribution in [0.4, 0.5) is 5.82 Å². The Balaban J connectivity index is 1.33. The molecule has 0 spiro atoms. The van der Waals surface area contributed by atoms with Crippen molar-refractivity contribution in [3.05, 3.63) is 49.1 Å². The number of phenols is 1. The number of piperidine rings is 2. The lowest BCUT2D eigenvalue weighted by Crippen LogP contribution is -2.54. The molecule has 2 bridgehead atoms. The van der Waals surface area contributed by atoms with Gasteiger partial charge in [0.05, 0.1) is 17.7 Å². The highest BCUT2D eigenvalue weighted by Crippen LogP contribution is 2.32. The van der Waals surface area contributed by atoms with Crippen molar-refractivity contribution in [1.29, 1.82) is 0 Å². The van der Waals surface area contributed by atoms with Gasteiger partial charge in [0, 0.05) is 49.2 Å². The highest BCUT2D eigenvalue weighted by molar-refractivity contribution is 5.69. The number of aromatic nitrogens is 4. The molecule has 3 aromatic rings. The molecule has 2 aliphatic heterocycles. The minimum absolute atomic E-state index is 0.179. The molecular weight excluding hydrogens is 364 g/mol. The summed E-state index contributed by atoms with van der Waals surface area (Å²) < 4.78 is 1.85. The Kier molecular flexibility index (Phi) is 4.67. The summed E-state index contributed by atoms with van der Waals surface area (Å²) in [5, 5.41) is 23.1. The summed E-state index contributed by atoms with van der Waals surface area (Å²) >= 11 is 0. The minimum atomic E-state index is 0.179. The van der Waals surface area contributed by atoms with Crippen LogP contribution in [0.5, 0.6) is 5.75 Å². The summed E-state index contributed by atoms with van der Waals surface area (Å²) in [5.74, 6) is 1.06. The third-order valence-corrected chi connectivity index (χ3v) is 6.31. The minimum Gasteiger partial charge on any atom is -0.507 e. The summed E-state index contributed by atoms with van der Waals surface area (Å²) in [6.07, 6.45) is 11.5. The first-order chi connectivity index (χ1) is 14.2. The summed E-state index contributed by atoms with van der Waals surface area (Å²) in [7, 11) is 2.12. The lowest BCUT2D eigenvalue weighted by atomic mass is 9.83. The molecule has 7 heteroatoms. The summed E-state index contributed by atoms with van der Waals surface area (Å²) in [6.45, 7) is 0. The second-order valence-electron chi connectivity index (χ2n) is 8.18. The number of anilines is 1. The molecule has 7 nitrogen and oxygen atoms in total. The van der Waals surface area contributed by atoms with Crippen molar-refractivity contribution in [2.45, 2.75) is 50.2 Å². The average molecular weight is 390 g/mol. The maximum atomic E-state index is 10.5. The molecule has 0 amide bonds. The van der Waals surface area contributed by atoms with E-state index in [2.05, 4.69) is 32.4 Å². The van der Waals surface area contributed by atoms with Gasteiger partial charge >= 0.3 is 0 Å². The Hall–Kier alpha value is -2.93. The summed E-state index contributed by atoms with van der Waals surface area (Å²) in [5.41, 5.74) is 2.19. The number of nitrogens with one attached hydrogen (secondary N) is 1. The van der Waals surface area contributed by atoms with Crippen LogP contribution < -0.4 is 10.2 Å². The Morgan fingerprint density at radius 2 is 1.93 bits per heavy atom. The van der Waals surface area contributed by atoms with E-state index >= 15 is 0 Å². The molecule has 2 saturated heterocycles. The van der Waals surface area contributed by atoms with E-state index in [1.807, 2.05) is 35.0 Å². The smallest absolute Gasteiger partial charge is 0.151 e. The first kappa shape index (κ1) is 18.1. The van der Waals surface area contributed by atoms with Crippen molar-refractivity contribution in [3.8, 4) is 22.7 Å². The zero-order valence-electron chi connectivity index (χ0n) is 16.6. The van der Waals surface area contributed by atoms with Crippen molar-refractivity contribution in [2.75, 3.05) is 11.9 Å². The summed E-state index contributed by atoms with van der Waals surface area (Å²) in [4.78, 5) is 6.31. The number of rotatable bonds is 4. The van der Waals surface area contributed by atoms with Gasteiger partial charge in [-0.3, -0.25) is 0 Å². The van der Waals surface area contributed by atoms with Crippen LogP contribution in [0.15, 0.2) is 49.1 Å². The fourth-order valence-corrected chi connectivity index (χ4v) is 4.70. The monoisotopic (exact) mass is 390 g/mol. The molecular formula is C22H26N6O. The van der Waals surface area contributed by atoms with E-state index in [4.69, 9.17) is 0 Å². The number of fused-ring (bicyclic) bond motifs is 2. The number of aromatic hydroxyl groups is 1. The van der Waals surface area contributed by atoms with Gasteiger partial charge in [-0.25, -0.2) is 4.98 Å². The lowest BCUT2D eigenvalue weighted by Gasteiger charge is -2.43. The first-order valence-electron chi connectivity index (χ1n) is 10.3. The van der Waals surface area contributed by atoms with Crippen molar-refractivity contribution in [1.82, 2.24) is 25.1 Å². The number of benzene rings is 1. The van der Waals surface area contributed by atoms with Crippen molar-refractivity contribution in [2.24, 2.45) is 0 Å². The molecule has 2 aromatic heterocycles. The Morgan fingerprint density at radius 3 is 2.59 bits per heavy atom. The van der Waals surface area contributed by atoms with Gasteiger partial charge in [0.2, 0.25) is 0 Å². The van der Waals surface area contributed by atoms with Crippen LogP contribution in [0.25, 0.3) is 16.9 Å². The van der Waals surface area contributed by atoms with Crippen LogP contribution in [0.1, 0.15) is 32.1 Å². The van der Waals surface area contributed by atoms with E-state index in [1.165, 1.54) is 19.3 Å². The zero-order valence-corrected chi connectivity index (χ0v) is 16.6. The standard InChI is InChI=1S/C22H26N6O/c1-27(18-11-15-3-2-4-16(12-18)24-15)22-8-7-20(25-26-22)19-6-5-17(13-21(19)29)28-10-9-23-14-28/h5-10,13-16,18,24,29H,2-4,11-12H2,1H3/t15-,16-/m1/s1. The quantitative estimate of drug-likeness (QED) is 0.713. The fourth-order valence-electron chi connectivity index (χ4n) is 4.70. The van der Waals surface area contributed by atoms with E-state index in [0.717, 1.165) is 24.3 Å². The molecule has 5 rings (SSSR count). The van der Waals surface area contributed by atoms with Crippen LogP contribution in [-0.2, 0) is 0 Å². The topological polar surface area (TPSA) is 79.1 Å². The van der Waals surface area contributed by atoms with E-state index in [9.17, 15) is 5.11 Å². The maximum Gasteiger partial charge on any atom is 0.151 e. The van der Waals surface area contributed by atoms with E-state index in [-0.39, 0.29) is 5.75 Å². The van der Waals surface area contributed by atoms with Crippen molar-refractivity contribution < 1.29 is 5.11 Å². The SMILES string of the molecule is CN(c1ccc(-c2ccc(-n3ccnc3)cc2O)nn1)C1C[C@H]2CCC[C@H](C1)N2. The van der Waals surface area contributed by atoms with Crippen molar-refractivity contribution >= 4 is 5.82 Å². The number of hydrogen-bond donors (Lipinski definition) is 2. The number of imidazole rings is 1. The highest BCUT2D eigenvalue weighted by Gasteiger charge is 2.33. The molecule has 0 saturated carbocycles. The second-order valence-corrected chi connectivity index (χ2v) is 8.18. The van der Waals surface area contributed by atoms with Gasteiger partial charge < -0.3 is 19.9 Å². The number of phenolic OH excluding ortho intramolecular Hbond substituents is 1. The van der Waals surface area contributed by atoms with Crippen molar-refractivity contribution in [3.63, 3.8) is 0 Å². The van der Waals surface area contributed by atoms with Crippen LogP contribution in [0.3, 0.4) is 0 Å². The lowest BCUT2D eigenvalue weighted by molar-refractivity contribution is 0.219. The molecule has 0 aliphatic carbocycles. The van der Waals surface area contributed by atoms with E-state index in [0.29, 0.717) is 29.4 Å². The fraction of sp³-hybridized carbons (Fsp3) is 0.409. The number of hydrogen-bond acceptors (Lipinski definition) is 6. The van der Waals surface area contributed by atoms with Crippen LogP contribution in [0.2, 0.25) is 0 Å². The third-order valence-electron chi connectivity index (χ3n) is 6.31. The predicted molar refractivity (Wildman–Crippen MR) is 112 cm³/mol. The molecule has 0 radical (unpaired) electrons. The Morgan fingerprint density at radius 1 is 1.10 bits per heavy atom. The van der Waals surface area contributed by atoms with Gasteiger partial charge in [0.15, 0.2) is 5.82 Å². The first-order valence-corrected chi connectivity index (χ1v) is 10.3. The molecule has 29 heavy (non-hydrogen) atoms.